The molecule has 118 valence electrons. The van der Waals surface area contributed by atoms with Crippen LogP contribution < -0.4 is 0 Å². The second-order valence-electron chi connectivity index (χ2n) is 6.73. The van der Waals surface area contributed by atoms with Crippen molar-refractivity contribution in [2.24, 2.45) is 23.7 Å². The van der Waals surface area contributed by atoms with Gasteiger partial charge >= 0.3 is 5.97 Å². The number of esters is 1. The number of hydrogen-bond donors (Lipinski definition) is 3. The number of fused-ring (bicyclic) bond motifs is 3. The van der Waals surface area contributed by atoms with E-state index >= 15 is 0 Å². The molecule has 0 spiro atoms. The second-order valence-corrected chi connectivity index (χ2v) is 7.00. The first-order chi connectivity index (χ1) is 9.81. The lowest BCUT2D eigenvalue weighted by molar-refractivity contribution is -0.155. The van der Waals surface area contributed by atoms with Gasteiger partial charge in [-0.05, 0) is 24.7 Å². The summed E-state index contributed by atoms with van der Waals surface area (Å²) >= 11 is 5.79. The van der Waals surface area contributed by atoms with Gasteiger partial charge in [0.1, 0.15) is 6.10 Å². The van der Waals surface area contributed by atoms with Crippen molar-refractivity contribution in [3.05, 3.63) is 12.2 Å². The summed E-state index contributed by atoms with van der Waals surface area (Å²) in [6, 6.07) is 0. The first-order valence-electron chi connectivity index (χ1n) is 7.34. The Morgan fingerprint density at radius 3 is 2.71 bits per heavy atom. The fraction of sp³-hybridized carbons (Fsp3) is 0.800. The molecule has 1 unspecified atom stereocenters. The molecule has 8 atom stereocenters. The van der Waals surface area contributed by atoms with E-state index in [9.17, 15) is 20.1 Å². The highest BCUT2D eigenvalue weighted by Crippen LogP contribution is 2.53. The van der Waals surface area contributed by atoms with Crippen LogP contribution in [0.4, 0.5) is 0 Å². The standard InChI is InChI=1S/C15H21ClO5/c1-6-3-10(18)12-13(21-14(19)15(12,20)5-16)11-7(2)9(17)4-8(6)11/h7-13,17-18,20H,1,3-5H2,2H3/t7-,8+,9?,10+,11+,12-,13-,15+/m1/s1. The van der Waals surface area contributed by atoms with Crippen LogP contribution in [0.1, 0.15) is 19.8 Å². The zero-order valence-electron chi connectivity index (χ0n) is 11.9. The Balaban J connectivity index is 2.05. The molecule has 6 heteroatoms. The molecule has 0 aromatic heterocycles. The summed E-state index contributed by atoms with van der Waals surface area (Å²) in [6.45, 7) is 5.94. The molecule has 0 aromatic rings. The first-order valence-corrected chi connectivity index (χ1v) is 7.88. The van der Waals surface area contributed by atoms with Crippen LogP contribution in [0.5, 0.6) is 0 Å². The van der Waals surface area contributed by atoms with Crippen molar-refractivity contribution in [2.45, 2.75) is 43.7 Å². The highest BCUT2D eigenvalue weighted by atomic mass is 35.5. The largest absolute Gasteiger partial charge is 0.459 e. The predicted molar refractivity (Wildman–Crippen MR) is 75.6 cm³/mol. The minimum absolute atomic E-state index is 0.00914. The Morgan fingerprint density at radius 1 is 1.43 bits per heavy atom. The Hall–Kier alpha value is -0.620. The summed E-state index contributed by atoms with van der Waals surface area (Å²) in [5, 5.41) is 31.2. The maximum atomic E-state index is 12.1. The molecule has 1 saturated heterocycles. The van der Waals surface area contributed by atoms with Crippen LogP contribution in [0.25, 0.3) is 0 Å². The van der Waals surface area contributed by atoms with E-state index in [0.29, 0.717) is 6.42 Å². The van der Waals surface area contributed by atoms with Gasteiger partial charge in [-0.25, -0.2) is 4.79 Å². The van der Waals surface area contributed by atoms with Gasteiger partial charge in [0, 0.05) is 5.92 Å². The van der Waals surface area contributed by atoms with Crippen molar-refractivity contribution in [3.63, 3.8) is 0 Å². The van der Waals surface area contributed by atoms with Gasteiger partial charge in [-0.2, -0.15) is 0 Å². The number of rotatable bonds is 1. The van der Waals surface area contributed by atoms with Gasteiger partial charge in [-0.1, -0.05) is 19.1 Å². The number of carbonyl (C=O) groups excluding carboxylic acids is 1. The molecule has 3 fully saturated rings. The lowest BCUT2D eigenvalue weighted by Crippen LogP contribution is -2.50. The summed E-state index contributed by atoms with van der Waals surface area (Å²) in [5.74, 6) is -2.10. The van der Waals surface area contributed by atoms with Crippen molar-refractivity contribution >= 4 is 17.6 Å². The van der Waals surface area contributed by atoms with E-state index in [1.807, 2.05) is 6.92 Å². The van der Waals surface area contributed by atoms with Gasteiger partial charge in [-0.3, -0.25) is 0 Å². The van der Waals surface area contributed by atoms with Crippen LogP contribution in [-0.2, 0) is 9.53 Å². The van der Waals surface area contributed by atoms with E-state index in [1.54, 1.807) is 0 Å². The quantitative estimate of drug-likeness (QED) is 0.371. The summed E-state index contributed by atoms with van der Waals surface area (Å²) in [6.07, 6.45) is -1.20. The molecular weight excluding hydrogens is 296 g/mol. The number of ether oxygens (including phenoxy) is 1. The van der Waals surface area contributed by atoms with Crippen molar-refractivity contribution in [1.82, 2.24) is 0 Å². The van der Waals surface area contributed by atoms with Crippen LogP contribution in [0.2, 0.25) is 0 Å². The average molecular weight is 317 g/mol. The maximum Gasteiger partial charge on any atom is 0.340 e. The maximum absolute atomic E-state index is 12.1. The van der Waals surface area contributed by atoms with Crippen molar-refractivity contribution in [3.8, 4) is 0 Å². The minimum Gasteiger partial charge on any atom is -0.459 e. The molecule has 0 aromatic carbocycles. The number of aliphatic hydroxyl groups excluding tert-OH is 2. The summed E-state index contributed by atoms with van der Waals surface area (Å²) in [7, 11) is 0. The topological polar surface area (TPSA) is 87.0 Å². The predicted octanol–water partition coefficient (Wildman–Crippen LogP) is 0.452. The van der Waals surface area contributed by atoms with Crippen molar-refractivity contribution in [1.29, 1.82) is 0 Å². The third kappa shape index (κ3) is 1.98. The van der Waals surface area contributed by atoms with E-state index in [-0.39, 0.29) is 30.1 Å². The zero-order valence-corrected chi connectivity index (χ0v) is 12.7. The molecule has 2 saturated carbocycles. The first kappa shape index (κ1) is 15.3. The SMILES string of the molecule is C=C1C[C@H](O)[C@@H]2[C@H](OC(=O)[C@]2(O)CCl)[C@H]2[C@H](C)C(O)C[C@@H]12. The van der Waals surface area contributed by atoms with E-state index < -0.39 is 35.8 Å². The molecule has 21 heavy (non-hydrogen) atoms. The fourth-order valence-corrected chi connectivity index (χ4v) is 4.76. The molecule has 1 aliphatic heterocycles. The normalized spacial score (nSPS) is 53.1. The Bertz CT molecular complexity index is 481. The Kier molecular flexibility index (Phi) is 3.60. The van der Waals surface area contributed by atoms with Crippen molar-refractivity contribution in [2.75, 3.05) is 5.88 Å². The highest BCUT2D eigenvalue weighted by molar-refractivity contribution is 6.20. The summed E-state index contributed by atoms with van der Waals surface area (Å²) < 4.78 is 5.42. The molecule has 3 N–H and O–H groups in total. The zero-order chi connectivity index (χ0) is 15.5. The molecule has 0 bridgehead atoms. The summed E-state index contributed by atoms with van der Waals surface area (Å²) in [4.78, 5) is 12.1. The average Bonchev–Trinajstić information content (AvgIpc) is 2.82. The number of hydrogen-bond acceptors (Lipinski definition) is 5. The van der Waals surface area contributed by atoms with Crippen LogP contribution in [0, 0.1) is 23.7 Å². The van der Waals surface area contributed by atoms with E-state index in [1.165, 1.54) is 0 Å². The highest BCUT2D eigenvalue weighted by Gasteiger charge is 2.64. The van der Waals surface area contributed by atoms with Gasteiger partial charge in [0.15, 0.2) is 5.60 Å². The Labute approximate surface area is 128 Å². The molecule has 0 amide bonds. The van der Waals surface area contributed by atoms with Gasteiger partial charge in [0.05, 0.1) is 24.0 Å². The molecule has 3 rings (SSSR count). The van der Waals surface area contributed by atoms with Gasteiger partial charge in [-0.15, -0.1) is 11.6 Å². The number of halogens is 1. The van der Waals surface area contributed by atoms with Crippen LogP contribution in [0.15, 0.2) is 12.2 Å². The summed E-state index contributed by atoms with van der Waals surface area (Å²) in [5.41, 5.74) is -1.02. The molecular formula is C15H21ClO5. The van der Waals surface area contributed by atoms with Gasteiger partial charge in [0.2, 0.25) is 0 Å². The van der Waals surface area contributed by atoms with E-state index in [2.05, 4.69) is 6.58 Å². The minimum atomic E-state index is -1.87. The number of aliphatic hydroxyl groups is 3. The molecule has 2 aliphatic carbocycles. The molecule has 1 heterocycles. The molecule has 3 aliphatic rings. The third-order valence-corrected chi connectivity index (χ3v) is 6.08. The number of alkyl halides is 1. The van der Waals surface area contributed by atoms with Crippen LogP contribution in [-0.4, -0.2) is 51.1 Å². The smallest absolute Gasteiger partial charge is 0.340 e. The number of carbonyl (C=O) groups is 1. The van der Waals surface area contributed by atoms with E-state index in [4.69, 9.17) is 16.3 Å². The fourth-order valence-electron chi connectivity index (χ4n) is 4.47. The lowest BCUT2D eigenvalue weighted by atomic mass is 9.75. The van der Waals surface area contributed by atoms with Gasteiger partial charge < -0.3 is 20.1 Å². The van der Waals surface area contributed by atoms with Gasteiger partial charge in [0.25, 0.3) is 0 Å². The monoisotopic (exact) mass is 316 g/mol. The molecule has 5 nitrogen and oxygen atoms in total. The molecule has 0 radical (unpaired) electrons. The third-order valence-electron chi connectivity index (χ3n) is 5.67. The Morgan fingerprint density at radius 2 is 2.10 bits per heavy atom. The van der Waals surface area contributed by atoms with Crippen molar-refractivity contribution < 1.29 is 24.9 Å². The van der Waals surface area contributed by atoms with E-state index in [0.717, 1.165) is 5.57 Å². The van der Waals surface area contributed by atoms with Crippen LogP contribution >= 0.6 is 11.6 Å². The lowest BCUT2D eigenvalue weighted by Gasteiger charge is -2.32. The van der Waals surface area contributed by atoms with Crippen LogP contribution in [0.3, 0.4) is 0 Å². The second kappa shape index (κ2) is 4.95.